The molecule has 0 aliphatic carbocycles. The maximum Gasteiger partial charge on any atom is 0.231 e. The van der Waals surface area contributed by atoms with Crippen molar-refractivity contribution in [3.05, 3.63) is 83.7 Å². The third-order valence-corrected chi connectivity index (χ3v) is 5.28. The number of nitrogens with one attached hydrogen (secondary N) is 1. The Morgan fingerprint density at radius 1 is 1.10 bits per heavy atom. The zero-order valence-corrected chi connectivity index (χ0v) is 16.5. The highest BCUT2D eigenvalue weighted by molar-refractivity contribution is 5.56. The van der Waals surface area contributed by atoms with Gasteiger partial charge in [-0.3, -0.25) is 9.38 Å². The Balaban J connectivity index is 1.42. The fourth-order valence-electron chi connectivity index (χ4n) is 3.75. The van der Waals surface area contributed by atoms with Crippen LogP contribution in [0, 0.1) is 5.82 Å². The molecule has 1 aliphatic heterocycles. The monoisotopic (exact) mass is 404 g/mol. The Morgan fingerprint density at radius 2 is 1.90 bits per heavy atom. The molecule has 1 N–H and O–H groups in total. The molecule has 3 heterocycles. The molecule has 0 amide bonds. The lowest BCUT2D eigenvalue weighted by Crippen LogP contribution is -2.07. The molecule has 1 aliphatic rings. The van der Waals surface area contributed by atoms with Crippen LogP contribution in [0.15, 0.2) is 61.1 Å². The van der Waals surface area contributed by atoms with E-state index in [1.54, 1.807) is 24.5 Å². The molecule has 5 rings (SSSR count). The standard InChI is InChI=1S/C23H21FN4O2/c1-15(10-17-4-7-19-20(11-17)30-14-29-19)22-23(28-9-8-25-13-21(28)27-22)26-12-16-2-5-18(24)6-3-16/h2-9,11,13,15,26H,10,12,14H2,1H3. The van der Waals surface area contributed by atoms with Gasteiger partial charge in [0.1, 0.15) is 11.6 Å². The van der Waals surface area contributed by atoms with Gasteiger partial charge >= 0.3 is 0 Å². The SMILES string of the molecule is CC(Cc1ccc2c(c1)OCO2)c1nc2cnccn2c1NCc1ccc(F)cc1. The number of rotatable bonds is 6. The molecule has 0 saturated heterocycles. The summed E-state index contributed by atoms with van der Waals surface area (Å²) in [6, 6.07) is 12.5. The second kappa shape index (κ2) is 7.67. The van der Waals surface area contributed by atoms with Crippen molar-refractivity contribution < 1.29 is 13.9 Å². The summed E-state index contributed by atoms with van der Waals surface area (Å²) >= 11 is 0. The van der Waals surface area contributed by atoms with Gasteiger partial charge in [0.2, 0.25) is 6.79 Å². The maximum atomic E-state index is 13.2. The van der Waals surface area contributed by atoms with E-state index in [1.807, 2.05) is 22.7 Å². The molecule has 0 bridgehead atoms. The van der Waals surface area contributed by atoms with Gasteiger partial charge in [0.25, 0.3) is 0 Å². The van der Waals surface area contributed by atoms with Gasteiger partial charge in [0.15, 0.2) is 17.1 Å². The van der Waals surface area contributed by atoms with E-state index in [-0.39, 0.29) is 18.5 Å². The largest absolute Gasteiger partial charge is 0.454 e. The lowest BCUT2D eigenvalue weighted by molar-refractivity contribution is 0.174. The molecule has 4 aromatic rings. The van der Waals surface area contributed by atoms with Crippen LogP contribution in [0.1, 0.15) is 29.7 Å². The second-order valence-electron chi connectivity index (χ2n) is 7.42. The van der Waals surface area contributed by atoms with Crippen LogP contribution in [0.4, 0.5) is 10.2 Å². The van der Waals surface area contributed by atoms with Crippen LogP contribution in [0.5, 0.6) is 11.5 Å². The van der Waals surface area contributed by atoms with Crippen molar-refractivity contribution in [1.82, 2.24) is 14.4 Å². The Kier molecular flexibility index (Phi) is 4.71. The molecule has 2 aromatic carbocycles. The van der Waals surface area contributed by atoms with Crippen molar-refractivity contribution in [1.29, 1.82) is 0 Å². The smallest absolute Gasteiger partial charge is 0.231 e. The van der Waals surface area contributed by atoms with Crippen LogP contribution >= 0.6 is 0 Å². The summed E-state index contributed by atoms with van der Waals surface area (Å²) < 4.78 is 26.1. The van der Waals surface area contributed by atoms with Gasteiger partial charge in [-0.25, -0.2) is 9.37 Å². The van der Waals surface area contributed by atoms with Gasteiger partial charge in [0.05, 0.1) is 11.9 Å². The number of aromatic nitrogens is 3. The minimum absolute atomic E-state index is 0.154. The third-order valence-electron chi connectivity index (χ3n) is 5.28. The number of hydrogen-bond acceptors (Lipinski definition) is 5. The molecular weight excluding hydrogens is 383 g/mol. The zero-order chi connectivity index (χ0) is 20.5. The number of benzene rings is 2. The Hall–Kier alpha value is -3.61. The average molecular weight is 404 g/mol. The van der Waals surface area contributed by atoms with Crippen LogP contribution in [0.3, 0.4) is 0 Å². The van der Waals surface area contributed by atoms with Crippen molar-refractivity contribution >= 4 is 11.5 Å². The lowest BCUT2D eigenvalue weighted by atomic mass is 9.97. The van der Waals surface area contributed by atoms with Crippen molar-refractivity contribution in [2.24, 2.45) is 0 Å². The molecule has 30 heavy (non-hydrogen) atoms. The third kappa shape index (κ3) is 3.54. The Morgan fingerprint density at radius 3 is 2.77 bits per heavy atom. The summed E-state index contributed by atoms with van der Waals surface area (Å²) in [5.74, 6) is 2.41. The van der Waals surface area contributed by atoms with Gasteiger partial charge in [-0.15, -0.1) is 0 Å². The van der Waals surface area contributed by atoms with E-state index >= 15 is 0 Å². The summed E-state index contributed by atoms with van der Waals surface area (Å²) in [5.41, 5.74) is 3.90. The predicted molar refractivity (Wildman–Crippen MR) is 111 cm³/mol. The van der Waals surface area contributed by atoms with E-state index in [1.165, 1.54) is 12.1 Å². The van der Waals surface area contributed by atoms with Crippen molar-refractivity contribution in [2.75, 3.05) is 12.1 Å². The Labute approximate surface area is 173 Å². The van der Waals surface area contributed by atoms with Crippen LogP contribution in [-0.4, -0.2) is 21.2 Å². The normalized spacial score (nSPS) is 13.5. The summed E-state index contributed by atoms with van der Waals surface area (Å²) in [6.45, 7) is 2.99. The van der Waals surface area contributed by atoms with Gasteiger partial charge in [-0.1, -0.05) is 25.1 Å². The molecule has 0 saturated carbocycles. The molecule has 1 atom stereocenters. The van der Waals surface area contributed by atoms with Crippen molar-refractivity contribution in [2.45, 2.75) is 25.8 Å². The first-order valence-corrected chi connectivity index (χ1v) is 9.86. The van der Waals surface area contributed by atoms with Gasteiger partial charge in [-0.2, -0.15) is 0 Å². The minimum atomic E-state index is -0.238. The quantitative estimate of drug-likeness (QED) is 0.511. The summed E-state index contributed by atoms with van der Waals surface area (Å²) in [4.78, 5) is 9.02. The van der Waals surface area contributed by atoms with Crippen molar-refractivity contribution in [3.63, 3.8) is 0 Å². The van der Waals surface area contributed by atoms with E-state index in [0.29, 0.717) is 6.54 Å². The highest BCUT2D eigenvalue weighted by Gasteiger charge is 2.20. The summed E-state index contributed by atoms with van der Waals surface area (Å²) in [5, 5.41) is 3.49. The van der Waals surface area contributed by atoms with Crippen LogP contribution in [0.2, 0.25) is 0 Å². The summed E-state index contributed by atoms with van der Waals surface area (Å²) in [6.07, 6.45) is 6.19. The number of halogens is 1. The fourth-order valence-corrected chi connectivity index (χ4v) is 3.75. The molecule has 152 valence electrons. The molecule has 0 spiro atoms. The minimum Gasteiger partial charge on any atom is -0.454 e. The lowest BCUT2D eigenvalue weighted by Gasteiger charge is -2.14. The maximum absolute atomic E-state index is 13.2. The fraction of sp³-hybridized carbons (Fsp3) is 0.217. The first-order valence-electron chi connectivity index (χ1n) is 9.86. The number of hydrogen-bond donors (Lipinski definition) is 1. The van der Waals surface area contributed by atoms with Crippen LogP contribution in [0.25, 0.3) is 5.65 Å². The van der Waals surface area contributed by atoms with E-state index in [4.69, 9.17) is 14.5 Å². The molecule has 7 heteroatoms. The zero-order valence-electron chi connectivity index (χ0n) is 16.5. The molecule has 2 aromatic heterocycles. The van der Waals surface area contributed by atoms with E-state index in [2.05, 4.69) is 23.3 Å². The Bertz CT molecular complexity index is 1190. The molecule has 1 unspecified atom stereocenters. The number of anilines is 1. The second-order valence-corrected chi connectivity index (χ2v) is 7.42. The molecule has 0 radical (unpaired) electrons. The van der Waals surface area contributed by atoms with Crippen molar-refractivity contribution in [3.8, 4) is 11.5 Å². The number of fused-ring (bicyclic) bond motifs is 2. The van der Waals surface area contributed by atoms with Gasteiger partial charge in [0, 0.05) is 24.9 Å². The van der Waals surface area contributed by atoms with E-state index in [9.17, 15) is 4.39 Å². The van der Waals surface area contributed by atoms with Crippen LogP contribution in [-0.2, 0) is 13.0 Å². The highest BCUT2D eigenvalue weighted by atomic mass is 19.1. The number of ether oxygens (including phenoxy) is 2. The predicted octanol–water partition coefficient (Wildman–Crippen LogP) is 4.56. The van der Waals surface area contributed by atoms with Crippen LogP contribution < -0.4 is 14.8 Å². The van der Waals surface area contributed by atoms with E-state index < -0.39 is 0 Å². The first-order chi connectivity index (χ1) is 14.7. The number of imidazole rings is 1. The van der Waals surface area contributed by atoms with Gasteiger partial charge < -0.3 is 14.8 Å². The number of nitrogens with zero attached hydrogens (tertiary/aromatic N) is 3. The molecule has 0 fully saturated rings. The van der Waals surface area contributed by atoms with Gasteiger partial charge in [-0.05, 0) is 41.8 Å². The summed E-state index contributed by atoms with van der Waals surface area (Å²) in [7, 11) is 0. The topological polar surface area (TPSA) is 60.7 Å². The molecule has 6 nitrogen and oxygen atoms in total. The van der Waals surface area contributed by atoms with E-state index in [0.717, 1.165) is 46.2 Å². The average Bonchev–Trinajstić information content (AvgIpc) is 3.37. The molecular formula is C23H21FN4O2. The first kappa shape index (κ1) is 18.4. The highest BCUT2D eigenvalue weighted by Crippen LogP contribution is 2.35.